The summed E-state index contributed by atoms with van der Waals surface area (Å²) in [7, 11) is 0. The molecule has 1 saturated heterocycles. The molecule has 2 saturated carbocycles. The van der Waals surface area contributed by atoms with Crippen molar-refractivity contribution < 1.29 is 48.0 Å². The number of hydrogen-bond acceptors (Lipinski definition) is 10. The van der Waals surface area contributed by atoms with Crippen molar-refractivity contribution in [3.05, 3.63) is 77.9 Å². The Morgan fingerprint density at radius 3 is 2.15 bits per heavy atom. The minimum Gasteiger partial charge on any atom is -0.462 e. The highest BCUT2D eigenvalue weighted by Crippen LogP contribution is 2.69. The van der Waals surface area contributed by atoms with Gasteiger partial charge in [-0.15, -0.1) is 0 Å². The van der Waals surface area contributed by atoms with Crippen LogP contribution in [0.4, 0.5) is 0 Å². The number of hydrogen-bond donors (Lipinski definition) is 1. The fourth-order valence-electron chi connectivity index (χ4n) is 8.13. The summed E-state index contributed by atoms with van der Waals surface area (Å²) < 4.78 is 31.7. The van der Waals surface area contributed by atoms with E-state index in [9.17, 15) is 24.3 Å². The number of ether oxygens (including phenoxy) is 5. The maximum Gasteiger partial charge on any atom is 0.338 e. The minimum absolute atomic E-state index is 0.0999. The van der Waals surface area contributed by atoms with Crippen LogP contribution >= 0.6 is 0 Å². The first-order chi connectivity index (χ1) is 22.2. The minimum atomic E-state index is -1.75. The smallest absolute Gasteiger partial charge is 0.338 e. The lowest BCUT2D eigenvalue weighted by molar-refractivity contribution is -0.336. The maximum atomic E-state index is 13.8. The molecule has 2 bridgehead atoms. The van der Waals surface area contributed by atoms with Gasteiger partial charge in [0.15, 0.2) is 6.10 Å². The van der Waals surface area contributed by atoms with Gasteiger partial charge in [-0.25, -0.2) is 9.59 Å². The molecule has 0 unspecified atom stereocenters. The third kappa shape index (κ3) is 5.97. The highest BCUT2D eigenvalue weighted by atomic mass is 16.6. The molecule has 3 fully saturated rings. The van der Waals surface area contributed by atoms with Crippen molar-refractivity contribution in [2.45, 2.75) is 108 Å². The fraction of sp³-hybridized carbons (Fsp3) is 0.514. The summed E-state index contributed by atoms with van der Waals surface area (Å²) >= 11 is 0. The third-order valence-corrected chi connectivity index (χ3v) is 10.1. The molecule has 1 N–H and O–H groups in total. The van der Waals surface area contributed by atoms with E-state index in [1.54, 1.807) is 64.1 Å². The second-order valence-corrected chi connectivity index (χ2v) is 13.7. The second kappa shape index (κ2) is 12.9. The molecular weight excluding hydrogens is 604 g/mol. The molecule has 47 heavy (non-hydrogen) atoms. The third-order valence-electron chi connectivity index (χ3n) is 10.1. The molecule has 1 spiro atoms. The molecule has 1 aliphatic heterocycles. The first-order valence-electron chi connectivity index (χ1n) is 16.2. The van der Waals surface area contributed by atoms with E-state index in [4.69, 9.17) is 23.7 Å². The number of carbonyl (C=O) groups is 4. The van der Waals surface area contributed by atoms with Crippen molar-refractivity contribution in [1.82, 2.24) is 0 Å². The molecule has 5 rings (SSSR count). The van der Waals surface area contributed by atoms with Crippen molar-refractivity contribution in [1.29, 1.82) is 0 Å². The molecule has 0 amide bonds. The van der Waals surface area contributed by atoms with Crippen LogP contribution in [0.15, 0.2) is 66.7 Å². The van der Waals surface area contributed by atoms with Gasteiger partial charge in [-0.2, -0.15) is 0 Å². The topological polar surface area (TPSA) is 135 Å². The molecule has 0 radical (unpaired) electrons. The Labute approximate surface area is 275 Å². The van der Waals surface area contributed by atoms with Crippen LogP contribution in [0.2, 0.25) is 0 Å². The Bertz CT molecular complexity index is 1520. The van der Waals surface area contributed by atoms with E-state index in [1.165, 1.54) is 13.0 Å². The van der Waals surface area contributed by atoms with Gasteiger partial charge in [-0.05, 0) is 70.7 Å². The van der Waals surface area contributed by atoms with Gasteiger partial charge in [0.2, 0.25) is 0 Å². The molecular formula is C37H44O10. The summed E-state index contributed by atoms with van der Waals surface area (Å²) in [5, 5.41) is 12.3. The second-order valence-electron chi connectivity index (χ2n) is 13.7. The van der Waals surface area contributed by atoms with E-state index >= 15 is 0 Å². The average Bonchev–Trinajstić information content (AvgIpc) is 3.23. The van der Waals surface area contributed by atoms with Crippen LogP contribution in [0, 0.1) is 11.3 Å². The molecule has 0 aromatic heterocycles. The molecule has 2 aliphatic carbocycles. The lowest BCUT2D eigenvalue weighted by Gasteiger charge is -2.65. The van der Waals surface area contributed by atoms with E-state index in [2.05, 4.69) is 0 Å². The van der Waals surface area contributed by atoms with Crippen LogP contribution in [-0.2, 0) is 38.1 Å². The van der Waals surface area contributed by atoms with Crippen LogP contribution < -0.4 is 0 Å². The standard InChI is InChI=1S/C37H44O10/c1-7-14-27(39)45-31-29-30(44-28(40)20-19-24-15-10-8-11-16-24)32(46-33(41)25-17-12-9-13-18-25)36(6)26(43-23(2)38)21-22-35(5,42)37(31,36)47-34(29,3)4/h8-13,15-20,26,29-32,42H,7,14,21-22H2,1-6H3/b20-19+/t26-,29+,30-,31+,32-,35-,36-,37-/m0/s1. The molecule has 10 heteroatoms. The van der Waals surface area contributed by atoms with E-state index < -0.39 is 76.4 Å². The van der Waals surface area contributed by atoms with Crippen molar-refractivity contribution in [2.75, 3.05) is 0 Å². The first-order valence-corrected chi connectivity index (χ1v) is 16.2. The fourth-order valence-corrected chi connectivity index (χ4v) is 8.13. The summed E-state index contributed by atoms with van der Waals surface area (Å²) in [6.07, 6.45) is -0.945. The average molecular weight is 649 g/mol. The normalized spacial score (nSPS) is 33.8. The van der Waals surface area contributed by atoms with Crippen LogP contribution in [0.5, 0.6) is 0 Å². The maximum absolute atomic E-state index is 13.8. The number of aliphatic hydroxyl groups is 1. The highest BCUT2D eigenvalue weighted by molar-refractivity contribution is 5.90. The first kappa shape index (κ1) is 34.3. The van der Waals surface area contributed by atoms with Crippen molar-refractivity contribution in [3.63, 3.8) is 0 Å². The molecule has 8 atom stereocenters. The van der Waals surface area contributed by atoms with Crippen molar-refractivity contribution in [2.24, 2.45) is 11.3 Å². The monoisotopic (exact) mass is 648 g/mol. The van der Waals surface area contributed by atoms with Crippen molar-refractivity contribution >= 4 is 30.0 Å². The van der Waals surface area contributed by atoms with Gasteiger partial charge in [0, 0.05) is 19.4 Å². The van der Waals surface area contributed by atoms with Crippen LogP contribution in [0.1, 0.15) is 83.1 Å². The summed E-state index contributed by atoms with van der Waals surface area (Å²) in [6, 6.07) is 17.5. The van der Waals surface area contributed by atoms with Gasteiger partial charge in [-0.3, -0.25) is 9.59 Å². The SMILES string of the molecule is CCCC(=O)O[C@@H]1[C@H]2[C@H](OC(=O)/C=C/c3ccccc3)[C@H](OC(=O)c3ccccc3)[C@]3(C)[C@@H](OC(C)=O)CC[C@](C)(O)[C@@]13OC2(C)C. The van der Waals surface area contributed by atoms with Crippen LogP contribution in [0.3, 0.4) is 0 Å². The summed E-state index contributed by atoms with van der Waals surface area (Å²) in [4.78, 5) is 53.3. The number of esters is 4. The Balaban J connectivity index is 1.71. The number of rotatable bonds is 9. The van der Waals surface area contributed by atoms with E-state index in [1.807, 2.05) is 37.3 Å². The Hall–Kier alpha value is -4.02. The summed E-state index contributed by atoms with van der Waals surface area (Å²) in [6.45, 7) is 9.93. The zero-order valence-corrected chi connectivity index (χ0v) is 27.8. The quantitative estimate of drug-likeness (QED) is 0.219. The van der Waals surface area contributed by atoms with E-state index in [0.29, 0.717) is 6.42 Å². The van der Waals surface area contributed by atoms with E-state index in [-0.39, 0.29) is 24.8 Å². The molecule has 2 aromatic rings. The summed E-state index contributed by atoms with van der Waals surface area (Å²) in [5.41, 5.74) is -5.18. The van der Waals surface area contributed by atoms with Gasteiger partial charge in [0.25, 0.3) is 0 Å². The Kier molecular flexibility index (Phi) is 9.41. The van der Waals surface area contributed by atoms with E-state index in [0.717, 1.165) is 5.56 Å². The largest absolute Gasteiger partial charge is 0.462 e. The lowest BCUT2D eigenvalue weighted by Crippen LogP contribution is -2.81. The molecule has 3 aliphatic rings. The van der Waals surface area contributed by atoms with Crippen LogP contribution in [-0.4, -0.2) is 70.2 Å². The van der Waals surface area contributed by atoms with Gasteiger partial charge < -0.3 is 28.8 Å². The predicted octanol–water partition coefficient (Wildman–Crippen LogP) is 5.21. The van der Waals surface area contributed by atoms with Crippen LogP contribution in [0.25, 0.3) is 6.08 Å². The van der Waals surface area contributed by atoms with Crippen molar-refractivity contribution in [3.8, 4) is 0 Å². The highest BCUT2D eigenvalue weighted by Gasteiger charge is 2.85. The van der Waals surface area contributed by atoms with Gasteiger partial charge in [-0.1, -0.05) is 55.5 Å². The molecule has 2 aromatic carbocycles. The Morgan fingerprint density at radius 2 is 1.53 bits per heavy atom. The lowest BCUT2D eigenvalue weighted by atomic mass is 9.47. The molecule has 1 heterocycles. The molecule has 252 valence electrons. The van der Waals surface area contributed by atoms with Gasteiger partial charge in [0.1, 0.15) is 23.9 Å². The Morgan fingerprint density at radius 1 is 0.894 bits per heavy atom. The van der Waals surface area contributed by atoms with Gasteiger partial charge in [0.05, 0.1) is 28.1 Å². The van der Waals surface area contributed by atoms with Gasteiger partial charge >= 0.3 is 23.9 Å². The number of fused-ring (bicyclic) bond motifs is 1. The zero-order valence-electron chi connectivity index (χ0n) is 27.8. The zero-order chi connectivity index (χ0) is 34.2. The summed E-state index contributed by atoms with van der Waals surface area (Å²) in [5.74, 6) is -3.47. The predicted molar refractivity (Wildman–Crippen MR) is 171 cm³/mol. The number of carbonyl (C=O) groups excluding carboxylic acids is 4. The molecule has 10 nitrogen and oxygen atoms in total. The number of benzene rings is 2.